The lowest BCUT2D eigenvalue weighted by Gasteiger charge is -1.99. The number of allylic oxidation sites excluding steroid dienone is 4. The van der Waals surface area contributed by atoms with Crippen molar-refractivity contribution in [3.63, 3.8) is 0 Å². The lowest BCUT2D eigenvalue weighted by molar-refractivity contribution is 0.577. The zero-order valence-corrected chi connectivity index (χ0v) is 14.9. The van der Waals surface area contributed by atoms with E-state index >= 15 is 0 Å². The van der Waals surface area contributed by atoms with Crippen LogP contribution in [0.5, 0.6) is 0 Å². The summed E-state index contributed by atoms with van der Waals surface area (Å²) in [5.74, 6) is 0. The molecule has 0 atom stereocenters. The molecule has 0 spiro atoms. The summed E-state index contributed by atoms with van der Waals surface area (Å²) in [6, 6.07) is 0. The number of hydrogen-bond acceptors (Lipinski definition) is 0. The summed E-state index contributed by atoms with van der Waals surface area (Å²) in [7, 11) is 0. The largest absolute Gasteiger partial charge is 0.0845 e. The quantitative estimate of drug-likeness (QED) is 0.200. The molecule has 0 saturated heterocycles. The average Bonchev–Trinajstić information content (AvgIpc) is 2.50. The first-order chi connectivity index (χ1) is 10.4. The van der Waals surface area contributed by atoms with Gasteiger partial charge in [-0.2, -0.15) is 0 Å². The summed E-state index contributed by atoms with van der Waals surface area (Å²) in [6.45, 7) is 4.56. The summed E-state index contributed by atoms with van der Waals surface area (Å²) < 4.78 is 0. The zero-order chi connectivity index (χ0) is 15.4. The van der Waals surface area contributed by atoms with Gasteiger partial charge in [-0.15, -0.1) is 0 Å². The van der Waals surface area contributed by atoms with E-state index in [-0.39, 0.29) is 0 Å². The number of unbranched alkanes of at least 4 members (excludes halogenated alkanes) is 13. The Bertz CT molecular complexity index is 224. The van der Waals surface area contributed by atoms with E-state index in [1.54, 1.807) is 0 Å². The molecule has 0 fully saturated rings. The third-order valence-electron chi connectivity index (χ3n) is 4.08. The van der Waals surface area contributed by atoms with Gasteiger partial charge in [0.05, 0.1) is 0 Å². The minimum absolute atomic E-state index is 1.26. The number of rotatable bonds is 16. The van der Waals surface area contributed by atoms with E-state index in [0.29, 0.717) is 0 Å². The molecule has 124 valence electrons. The van der Waals surface area contributed by atoms with Gasteiger partial charge in [-0.1, -0.05) is 109 Å². The van der Waals surface area contributed by atoms with E-state index in [4.69, 9.17) is 0 Å². The van der Waals surface area contributed by atoms with Crippen molar-refractivity contribution in [3.05, 3.63) is 24.3 Å². The molecule has 0 nitrogen and oxygen atoms in total. The molecule has 0 aromatic heterocycles. The van der Waals surface area contributed by atoms with Gasteiger partial charge < -0.3 is 0 Å². The van der Waals surface area contributed by atoms with Crippen LogP contribution in [0.25, 0.3) is 0 Å². The smallest absolute Gasteiger partial charge is 0.0348 e. The van der Waals surface area contributed by atoms with Gasteiger partial charge in [-0.3, -0.25) is 0 Å². The van der Waals surface area contributed by atoms with Crippen molar-refractivity contribution in [3.8, 4) is 0 Å². The summed E-state index contributed by atoms with van der Waals surface area (Å²) in [5, 5.41) is 0. The molecule has 0 aromatic carbocycles. The molecular formula is C21H40. The Morgan fingerprint density at radius 3 is 1.14 bits per heavy atom. The van der Waals surface area contributed by atoms with Gasteiger partial charge in [0.25, 0.3) is 0 Å². The van der Waals surface area contributed by atoms with E-state index in [0.717, 1.165) is 0 Å². The molecular weight excluding hydrogens is 252 g/mol. The minimum Gasteiger partial charge on any atom is -0.0845 e. The van der Waals surface area contributed by atoms with E-state index in [9.17, 15) is 0 Å². The maximum absolute atomic E-state index is 2.34. The van der Waals surface area contributed by atoms with Gasteiger partial charge in [0.1, 0.15) is 0 Å². The van der Waals surface area contributed by atoms with Gasteiger partial charge in [0, 0.05) is 0 Å². The summed E-state index contributed by atoms with van der Waals surface area (Å²) in [6.07, 6.45) is 29.9. The van der Waals surface area contributed by atoms with Crippen LogP contribution in [0.3, 0.4) is 0 Å². The highest BCUT2D eigenvalue weighted by Crippen LogP contribution is 2.10. The van der Waals surface area contributed by atoms with Crippen molar-refractivity contribution in [1.29, 1.82) is 0 Å². The Labute approximate surface area is 135 Å². The van der Waals surface area contributed by atoms with Gasteiger partial charge in [-0.05, 0) is 25.7 Å². The monoisotopic (exact) mass is 292 g/mol. The highest BCUT2D eigenvalue weighted by molar-refractivity contribution is 5.02. The second-order valence-corrected chi connectivity index (χ2v) is 6.32. The Kier molecular flexibility index (Phi) is 19.0. The molecule has 0 heterocycles. The first kappa shape index (κ1) is 20.5. The molecule has 0 bridgehead atoms. The second-order valence-electron chi connectivity index (χ2n) is 6.32. The zero-order valence-electron chi connectivity index (χ0n) is 14.9. The average molecular weight is 293 g/mol. The summed E-state index contributed by atoms with van der Waals surface area (Å²) in [5.41, 5.74) is 0. The fraction of sp³-hybridized carbons (Fsp3) is 0.810. The molecule has 0 rings (SSSR count). The Hall–Kier alpha value is -0.520. The van der Waals surface area contributed by atoms with E-state index in [1.807, 2.05) is 0 Å². The van der Waals surface area contributed by atoms with Gasteiger partial charge in [-0.25, -0.2) is 0 Å². The van der Waals surface area contributed by atoms with Crippen LogP contribution in [0.2, 0.25) is 0 Å². The molecule has 0 heteroatoms. The highest BCUT2D eigenvalue weighted by atomic mass is 14.0. The highest BCUT2D eigenvalue weighted by Gasteiger charge is 1.90. The molecule has 0 aliphatic rings. The fourth-order valence-corrected chi connectivity index (χ4v) is 2.61. The van der Waals surface area contributed by atoms with Crippen molar-refractivity contribution in [2.75, 3.05) is 0 Å². The van der Waals surface area contributed by atoms with Crippen LogP contribution in [0.1, 0.15) is 110 Å². The molecule has 0 aliphatic carbocycles. The molecule has 0 N–H and O–H groups in total. The molecule has 0 unspecified atom stereocenters. The van der Waals surface area contributed by atoms with E-state index in [1.165, 1.54) is 96.3 Å². The van der Waals surface area contributed by atoms with Crippen LogP contribution >= 0.6 is 0 Å². The Balaban J connectivity index is 3.14. The van der Waals surface area contributed by atoms with Crippen LogP contribution in [-0.2, 0) is 0 Å². The third-order valence-corrected chi connectivity index (χ3v) is 4.08. The SMILES string of the molecule is CCCCCCCC=CC=CCCCCCCCCCC. The first-order valence-corrected chi connectivity index (χ1v) is 9.73. The van der Waals surface area contributed by atoms with Crippen molar-refractivity contribution >= 4 is 0 Å². The molecule has 0 aromatic rings. The van der Waals surface area contributed by atoms with Crippen molar-refractivity contribution in [2.45, 2.75) is 110 Å². The molecule has 21 heavy (non-hydrogen) atoms. The van der Waals surface area contributed by atoms with Crippen molar-refractivity contribution in [2.24, 2.45) is 0 Å². The molecule has 0 aliphatic heterocycles. The van der Waals surface area contributed by atoms with Crippen LogP contribution < -0.4 is 0 Å². The van der Waals surface area contributed by atoms with Crippen molar-refractivity contribution < 1.29 is 0 Å². The Morgan fingerprint density at radius 2 is 0.762 bits per heavy atom. The second kappa shape index (κ2) is 19.5. The normalized spacial score (nSPS) is 11.9. The van der Waals surface area contributed by atoms with Crippen LogP contribution in [-0.4, -0.2) is 0 Å². The lowest BCUT2D eigenvalue weighted by atomic mass is 10.1. The van der Waals surface area contributed by atoms with Crippen LogP contribution in [0, 0.1) is 0 Å². The van der Waals surface area contributed by atoms with Crippen LogP contribution in [0.4, 0.5) is 0 Å². The van der Waals surface area contributed by atoms with E-state index in [2.05, 4.69) is 38.2 Å². The predicted molar refractivity (Wildman–Crippen MR) is 98.9 cm³/mol. The molecule has 0 radical (unpaired) electrons. The maximum atomic E-state index is 2.34. The first-order valence-electron chi connectivity index (χ1n) is 9.73. The minimum atomic E-state index is 1.26. The lowest BCUT2D eigenvalue weighted by Crippen LogP contribution is -1.79. The van der Waals surface area contributed by atoms with Gasteiger partial charge in [0.15, 0.2) is 0 Å². The molecule has 0 saturated carbocycles. The van der Waals surface area contributed by atoms with E-state index < -0.39 is 0 Å². The standard InChI is InChI=1S/C21H40/c1-3-5-7-9-11-13-15-17-19-21-20-18-16-14-12-10-8-6-4-2/h15,17,19,21H,3-14,16,18,20H2,1-2H3. The maximum Gasteiger partial charge on any atom is -0.0348 e. The summed E-state index contributed by atoms with van der Waals surface area (Å²) in [4.78, 5) is 0. The topological polar surface area (TPSA) is 0 Å². The predicted octanol–water partition coefficient (Wildman–Crippen LogP) is 7.99. The van der Waals surface area contributed by atoms with Crippen molar-refractivity contribution in [1.82, 2.24) is 0 Å². The van der Waals surface area contributed by atoms with Gasteiger partial charge >= 0.3 is 0 Å². The van der Waals surface area contributed by atoms with Gasteiger partial charge in [0.2, 0.25) is 0 Å². The third kappa shape index (κ3) is 19.5. The molecule has 0 amide bonds. The fourth-order valence-electron chi connectivity index (χ4n) is 2.61. The number of hydrogen-bond donors (Lipinski definition) is 0. The van der Waals surface area contributed by atoms with Crippen LogP contribution in [0.15, 0.2) is 24.3 Å². The summed E-state index contributed by atoms with van der Waals surface area (Å²) >= 11 is 0. The Morgan fingerprint density at radius 1 is 0.429 bits per heavy atom.